The van der Waals surface area contributed by atoms with E-state index in [1.165, 1.54) is 4.90 Å². The first-order chi connectivity index (χ1) is 15.9. The van der Waals surface area contributed by atoms with Crippen LogP contribution in [0.25, 0.3) is 5.57 Å². The third-order valence-electron chi connectivity index (χ3n) is 5.64. The number of hydrogen-bond donors (Lipinski definition) is 1. The first kappa shape index (κ1) is 22.1. The number of imide groups is 1. The van der Waals surface area contributed by atoms with Gasteiger partial charge in [-0.2, -0.15) is 0 Å². The van der Waals surface area contributed by atoms with Crippen molar-refractivity contribution in [2.24, 2.45) is 0 Å². The number of amides is 2. The molecule has 1 aliphatic heterocycles. The molecule has 0 saturated carbocycles. The third kappa shape index (κ3) is 4.20. The second kappa shape index (κ2) is 9.20. The van der Waals surface area contributed by atoms with Gasteiger partial charge in [0.25, 0.3) is 11.8 Å². The summed E-state index contributed by atoms with van der Waals surface area (Å²) >= 11 is 0. The van der Waals surface area contributed by atoms with E-state index < -0.39 is 11.8 Å². The number of carbonyl (C=O) groups excluding carboxylic acids is 2. The Kier molecular flexibility index (Phi) is 6.18. The summed E-state index contributed by atoms with van der Waals surface area (Å²) in [7, 11) is 3.13. The summed E-state index contributed by atoms with van der Waals surface area (Å²) in [6.07, 6.45) is 0. The van der Waals surface area contributed by atoms with Gasteiger partial charge in [-0.1, -0.05) is 44.2 Å². The van der Waals surface area contributed by atoms with Crippen LogP contribution in [0.15, 0.2) is 78.5 Å². The van der Waals surface area contributed by atoms with Gasteiger partial charge in [-0.3, -0.25) is 9.59 Å². The van der Waals surface area contributed by atoms with Crippen LogP contribution in [0, 0.1) is 0 Å². The molecule has 0 fully saturated rings. The molecule has 1 aliphatic rings. The number of benzene rings is 3. The number of ether oxygens (including phenoxy) is 2. The van der Waals surface area contributed by atoms with Crippen molar-refractivity contribution in [1.82, 2.24) is 0 Å². The number of anilines is 2. The van der Waals surface area contributed by atoms with Crippen molar-refractivity contribution in [3.05, 3.63) is 89.6 Å². The highest BCUT2D eigenvalue weighted by Crippen LogP contribution is 2.37. The second-order valence-electron chi connectivity index (χ2n) is 8.00. The molecule has 0 aliphatic carbocycles. The predicted molar refractivity (Wildman–Crippen MR) is 130 cm³/mol. The second-order valence-corrected chi connectivity index (χ2v) is 8.00. The monoisotopic (exact) mass is 442 g/mol. The van der Waals surface area contributed by atoms with Crippen LogP contribution in [0.2, 0.25) is 0 Å². The Bertz CT molecular complexity index is 1210. The summed E-state index contributed by atoms with van der Waals surface area (Å²) < 4.78 is 10.7. The van der Waals surface area contributed by atoms with Crippen molar-refractivity contribution in [3.8, 4) is 11.5 Å². The van der Waals surface area contributed by atoms with Crippen LogP contribution < -0.4 is 19.7 Å². The zero-order chi connectivity index (χ0) is 23.5. The van der Waals surface area contributed by atoms with Gasteiger partial charge in [0.05, 0.1) is 25.5 Å². The quantitative estimate of drug-likeness (QED) is 0.508. The summed E-state index contributed by atoms with van der Waals surface area (Å²) in [6, 6.07) is 21.8. The zero-order valence-electron chi connectivity index (χ0n) is 19.1. The molecule has 0 radical (unpaired) electrons. The molecule has 1 heterocycles. The first-order valence-corrected chi connectivity index (χ1v) is 10.7. The van der Waals surface area contributed by atoms with Gasteiger partial charge in [-0.25, -0.2) is 4.90 Å². The smallest absolute Gasteiger partial charge is 0.282 e. The number of hydrogen-bond acceptors (Lipinski definition) is 5. The molecule has 3 aromatic rings. The molecule has 2 amide bonds. The molecule has 0 aromatic heterocycles. The van der Waals surface area contributed by atoms with Gasteiger partial charge in [-0.05, 0) is 53.9 Å². The summed E-state index contributed by atoms with van der Waals surface area (Å²) in [4.78, 5) is 28.4. The largest absolute Gasteiger partial charge is 0.497 e. The Labute approximate surface area is 193 Å². The average molecular weight is 443 g/mol. The number of rotatable bonds is 7. The Morgan fingerprint density at radius 1 is 0.788 bits per heavy atom. The lowest BCUT2D eigenvalue weighted by molar-refractivity contribution is -0.120. The normalized spacial score (nSPS) is 13.7. The van der Waals surface area contributed by atoms with Crippen LogP contribution >= 0.6 is 0 Å². The standard InChI is InChI=1S/C27H26N2O4/c1-17(2)18-9-13-20(14-10-18)29-26(30)24(22-7-5-6-8-23(22)33-4)25(27(29)31)28-19-11-15-21(32-3)16-12-19/h5-17,28H,1-4H3. The number of carbonyl (C=O) groups is 2. The van der Waals surface area contributed by atoms with E-state index >= 15 is 0 Å². The van der Waals surface area contributed by atoms with Crippen molar-refractivity contribution in [2.45, 2.75) is 19.8 Å². The van der Waals surface area contributed by atoms with E-state index in [0.29, 0.717) is 34.4 Å². The van der Waals surface area contributed by atoms with Crippen molar-refractivity contribution < 1.29 is 19.1 Å². The predicted octanol–water partition coefficient (Wildman–Crippen LogP) is 5.22. The van der Waals surface area contributed by atoms with Crippen LogP contribution in [0.1, 0.15) is 30.9 Å². The van der Waals surface area contributed by atoms with E-state index in [2.05, 4.69) is 19.2 Å². The fourth-order valence-electron chi connectivity index (χ4n) is 3.81. The van der Waals surface area contributed by atoms with E-state index in [0.717, 1.165) is 5.56 Å². The first-order valence-electron chi connectivity index (χ1n) is 10.7. The lowest BCUT2D eigenvalue weighted by Crippen LogP contribution is -2.32. The topological polar surface area (TPSA) is 67.9 Å². The van der Waals surface area contributed by atoms with E-state index in [9.17, 15) is 9.59 Å². The maximum absolute atomic E-state index is 13.6. The molecule has 0 bridgehead atoms. The highest BCUT2D eigenvalue weighted by atomic mass is 16.5. The van der Waals surface area contributed by atoms with Crippen molar-refractivity contribution in [2.75, 3.05) is 24.4 Å². The summed E-state index contributed by atoms with van der Waals surface area (Å²) in [5.74, 6) is 0.727. The molecule has 0 saturated heterocycles. The van der Waals surface area contributed by atoms with Crippen LogP contribution in [-0.2, 0) is 9.59 Å². The molecular weight excluding hydrogens is 416 g/mol. The Hall–Kier alpha value is -4.06. The van der Waals surface area contributed by atoms with Crippen molar-refractivity contribution in [1.29, 1.82) is 0 Å². The number of nitrogens with zero attached hydrogens (tertiary/aromatic N) is 1. The molecule has 6 nitrogen and oxygen atoms in total. The molecule has 1 N–H and O–H groups in total. The van der Waals surface area contributed by atoms with Gasteiger partial charge in [0.15, 0.2) is 0 Å². The van der Waals surface area contributed by atoms with Crippen LogP contribution in [-0.4, -0.2) is 26.0 Å². The molecule has 168 valence electrons. The van der Waals surface area contributed by atoms with E-state index in [1.807, 2.05) is 24.3 Å². The average Bonchev–Trinajstić information content (AvgIpc) is 3.08. The summed E-state index contributed by atoms with van der Waals surface area (Å²) in [6.45, 7) is 4.19. The van der Waals surface area contributed by atoms with Crippen molar-refractivity contribution in [3.63, 3.8) is 0 Å². The van der Waals surface area contributed by atoms with E-state index in [-0.39, 0.29) is 11.3 Å². The van der Waals surface area contributed by atoms with Crippen LogP contribution in [0.4, 0.5) is 11.4 Å². The number of nitrogens with one attached hydrogen (secondary N) is 1. The molecule has 0 unspecified atom stereocenters. The molecular formula is C27H26N2O4. The van der Waals surface area contributed by atoms with Gasteiger partial charge < -0.3 is 14.8 Å². The lowest BCUT2D eigenvalue weighted by atomic mass is 10.0. The SMILES string of the molecule is COc1ccc(NC2=C(c3ccccc3OC)C(=O)N(c3ccc(C(C)C)cc3)C2=O)cc1. The molecule has 0 spiro atoms. The van der Waals surface area contributed by atoms with Gasteiger partial charge in [0.2, 0.25) is 0 Å². The molecule has 4 rings (SSSR count). The van der Waals surface area contributed by atoms with Crippen LogP contribution in [0.3, 0.4) is 0 Å². The highest BCUT2D eigenvalue weighted by Gasteiger charge is 2.41. The minimum Gasteiger partial charge on any atom is -0.497 e. The number of para-hydroxylation sites is 1. The fraction of sp³-hybridized carbons (Fsp3) is 0.185. The van der Waals surface area contributed by atoms with E-state index in [4.69, 9.17) is 9.47 Å². The van der Waals surface area contributed by atoms with Gasteiger partial charge >= 0.3 is 0 Å². The lowest BCUT2D eigenvalue weighted by Gasteiger charge is -2.17. The Balaban J connectivity index is 1.80. The maximum atomic E-state index is 13.6. The Morgan fingerprint density at radius 2 is 1.45 bits per heavy atom. The Morgan fingerprint density at radius 3 is 2.06 bits per heavy atom. The van der Waals surface area contributed by atoms with Gasteiger partial charge in [0.1, 0.15) is 17.2 Å². The molecule has 3 aromatic carbocycles. The zero-order valence-corrected chi connectivity index (χ0v) is 19.1. The third-order valence-corrected chi connectivity index (χ3v) is 5.64. The van der Waals surface area contributed by atoms with Gasteiger partial charge in [-0.15, -0.1) is 0 Å². The fourth-order valence-corrected chi connectivity index (χ4v) is 3.81. The maximum Gasteiger partial charge on any atom is 0.282 e. The molecule has 6 heteroatoms. The van der Waals surface area contributed by atoms with E-state index in [1.54, 1.807) is 62.8 Å². The van der Waals surface area contributed by atoms with Gasteiger partial charge in [0, 0.05) is 11.3 Å². The summed E-state index contributed by atoms with van der Waals surface area (Å²) in [5.41, 5.74) is 3.33. The minimum atomic E-state index is -0.422. The highest BCUT2D eigenvalue weighted by molar-refractivity contribution is 6.46. The minimum absolute atomic E-state index is 0.197. The van der Waals surface area contributed by atoms with Crippen molar-refractivity contribution >= 4 is 28.8 Å². The molecule has 0 atom stereocenters. The van der Waals surface area contributed by atoms with Crippen LogP contribution in [0.5, 0.6) is 11.5 Å². The number of methoxy groups -OCH3 is 2. The summed E-state index contributed by atoms with van der Waals surface area (Å²) in [5, 5.41) is 3.16. The molecule has 33 heavy (non-hydrogen) atoms.